The van der Waals surface area contributed by atoms with Gasteiger partial charge >= 0.3 is 6.18 Å². The number of nitriles is 2. The number of hydrogen-bond acceptors (Lipinski definition) is 6. The summed E-state index contributed by atoms with van der Waals surface area (Å²) in [7, 11) is 0. The fourth-order valence-electron chi connectivity index (χ4n) is 2.14. The van der Waals surface area contributed by atoms with Gasteiger partial charge in [-0.1, -0.05) is 6.92 Å². The van der Waals surface area contributed by atoms with Gasteiger partial charge in [-0.15, -0.1) is 0 Å². The Morgan fingerprint density at radius 3 is 2.12 bits per heavy atom. The first-order valence-corrected chi connectivity index (χ1v) is 9.76. The standard InChI is InChI=1S/C19H14F3N3O2.C4H9NO2/c1-12(11-27-16-6-2-13(9-23)3-7-16)18(26)25-15-5-4-14(10-24)17(8-15)19(20,21)22;1-4(2,7)3(5)6/h2-8,12H,11H2,1H3,(H,25,26);7H,1-2H3,(H2,5,6)/t12-;/m0./s1. The molecule has 8 nitrogen and oxygen atoms in total. The number of carbonyl (C=O) groups excluding carboxylic acids is 2. The predicted molar refractivity (Wildman–Crippen MR) is 116 cm³/mol. The van der Waals surface area contributed by atoms with E-state index in [4.69, 9.17) is 20.4 Å². The van der Waals surface area contributed by atoms with Crippen LogP contribution in [0.15, 0.2) is 42.5 Å². The number of nitrogens with two attached hydrogens (primary N) is 1. The van der Waals surface area contributed by atoms with Crippen LogP contribution in [0.2, 0.25) is 0 Å². The molecule has 0 fully saturated rings. The summed E-state index contributed by atoms with van der Waals surface area (Å²) in [4.78, 5) is 22.2. The molecule has 2 aromatic carbocycles. The molecule has 4 N–H and O–H groups in total. The number of carbonyl (C=O) groups is 2. The lowest BCUT2D eigenvalue weighted by Crippen LogP contribution is -2.37. The molecule has 0 radical (unpaired) electrons. The van der Waals surface area contributed by atoms with E-state index in [1.54, 1.807) is 31.2 Å². The van der Waals surface area contributed by atoms with Gasteiger partial charge in [0.05, 0.1) is 41.4 Å². The van der Waals surface area contributed by atoms with Crippen molar-refractivity contribution in [3.63, 3.8) is 0 Å². The number of hydrogen-bond donors (Lipinski definition) is 3. The molecule has 0 aliphatic carbocycles. The van der Waals surface area contributed by atoms with Gasteiger partial charge in [0.15, 0.2) is 0 Å². The Morgan fingerprint density at radius 1 is 1.12 bits per heavy atom. The van der Waals surface area contributed by atoms with Gasteiger partial charge in [0.25, 0.3) is 0 Å². The number of primary amides is 1. The first kappa shape index (κ1) is 27.9. The summed E-state index contributed by atoms with van der Waals surface area (Å²) in [6.07, 6.45) is -4.70. The Bertz CT molecular complexity index is 1100. The molecule has 0 aliphatic heterocycles. The van der Waals surface area contributed by atoms with Crippen LogP contribution in [0.1, 0.15) is 37.5 Å². The van der Waals surface area contributed by atoms with E-state index in [1.807, 2.05) is 6.07 Å². The first-order chi connectivity index (χ1) is 15.7. The quantitative estimate of drug-likeness (QED) is 0.582. The molecule has 0 spiro atoms. The second-order valence-corrected chi connectivity index (χ2v) is 7.63. The van der Waals surface area contributed by atoms with E-state index in [1.165, 1.54) is 26.0 Å². The fraction of sp³-hybridized carbons (Fsp3) is 0.304. The predicted octanol–water partition coefficient (Wildman–Crippen LogP) is 3.34. The minimum Gasteiger partial charge on any atom is -0.493 e. The van der Waals surface area contributed by atoms with Crippen LogP contribution >= 0.6 is 0 Å². The number of anilines is 1. The largest absolute Gasteiger partial charge is 0.493 e. The number of halogens is 3. The summed E-state index contributed by atoms with van der Waals surface area (Å²) in [5.74, 6) is -1.41. The highest BCUT2D eigenvalue weighted by atomic mass is 19.4. The molecular weight excluding hydrogens is 453 g/mol. The Hall–Kier alpha value is -4.09. The highest BCUT2D eigenvalue weighted by Gasteiger charge is 2.34. The van der Waals surface area contributed by atoms with E-state index in [9.17, 15) is 22.8 Å². The van der Waals surface area contributed by atoms with Crippen molar-refractivity contribution in [1.29, 1.82) is 10.5 Å². The zero-order chi connectivity index (χ0) is 26.1. The third-order valence-corrected chi connectivity index (χ3v) is 4.25. The summed E-state index contributed by atoms with van der Waals surface area (Å²) < 4.78 is 44.4. The number of nitrogens with zero attached hydrogens (tertiary/aromatic N) is 2. The third-order valence-electron chi connectivity index (χ3n) is 4.25. The van der Waals surface area contributed by atoms with Gasteiger partial charge in [-0.25, -0.2) is 0 Å². The number of benzene rings is 2. The van der Waals surface area contributed by atoms with Crippen molar-refractivity contribution in [1.82, 2.24) is 0 Å². The summed E-state index contributed by atoms with van der Waals surface area (Å²) in [5, 5.41) is 28.5. The van der Waals surface area contributed by atoms with Crippen LogP contribution in [0.25, 0.3) is 0 Å². The average Bonchev–Trinajstić information content (AvgIpc) is 2.76. The number of rotatable bonds is 6. The molecule has 2 rings (SSSR count). The Kier molecular flexibility index (Phi) is 9.60. The first-order valence-electron chi connectivity index (χ1n) is 9.76. The van der Waals surface area contributed by atoms with Crippen molar-refractivity contribution in [2.45, 2.75) is 32.5 Å². The third kappa shape index (κ3) is 8.81. The molecule has 0 unspecified atom stereocenters. The summed E-state index contributed by atoms with van der Waals surface area (Å²) in [5.41, 5.74) is 2.10. The maximum atomic E-state index is 13.0. The maximum absolute atomic E-state index is 13.0. The van der Waals surface area contributed by atoms with Crippen molar-refractivity contribution >= 4 is 17.5 Å². The average molecular weight is 476 g/mol. The van der Waals surface area contributed by atoms with Crippen LogP contribution in [-0.4, -0.2) is 29.1 Å². The zero-order valence-corrected chi connectivity index (χ0v) is 18.6. The normalized spacial score (nSPS) is 11.7. The number of nitrogens with one attached hydrogen (secondary N) is 1. The highest BCUT2D eigenvalue weighted by Crippen LogP contribution is 2.33. The number of aliphatic hydroxyl groups is 1. The molecule has 2 aromatic rings. The van der Waals surface area contributed by atoms with Gasteiger partial charge < -0.3 is 20.9 Å². The number of ether oxygens (including phenoxy) is 1. The molecule has 0 saturated heterocycles. The van der Waals surface area contributed by atoms with Crippen LogP contribution in [0.5, 0.6) is 5.75 Å². The Balaban J connectivity index is 0.000000718. The van der Waals surface area contributed by atoms with E-state index in [2.05, 4.69) is 11.1 Å². The van der Waals surface area contributed by atoms with Crippen molar-refractivity contribution in [3.05, 3.63) is 59.2 Å². The molecule has 1 atom stereocenters. The van der Waals surface area contributed by atoms with Gasteiger partial charge in [0, 0.05) is 5.69 Å². The lowest BCUT2D eigenvalue weighted by atomic mass is 10.1. The van der Waals surface area contributed by atoms with Gasteiger partial charge in [0.2, 0.25) is 11.8 Å². The van der Waals surface area contributed by atoms with E-state index < -0.39 is 40.6 Å². The lowest BCUT2D eigenvalue weighted by molar-refractivity contribution is -0.137. The minimum absolute atomic E-state index is 0.000140. The minimum atomic E-state index is -4.70. The molecular formula is C23H23F3N4O4. The second-order valence-electron chi connectivity index (χ2n) is 7.63. The molecule has 11 heteroatoms. The van der Waals surface area contributed by atoms with E-state index >= 15 is 0 Å². The summed E-state index contributed by atoms with van der Waals surface area (Å²) in [6.45, 7) is 4.25. The van der Waals surface area contributed by atoms with Crippen LogP contribution in [0, 0.1) is 28.6 Å². The molecule has 2 amide bonds. The van der Waals surface area contributed by atoms with Crippen LogP contribution in [0.3, 0.4) is 0 Å². The fourth-order valence-corrected chi connectivity index (χ4v) is 2.14. The SMILES string of the molecule is CC(C)(O)C(N)=O.C[C@@H](COc1ccc(C#N)cc1)C(=O)Nc1ccc(C#N)c(C(F)(F)F)c1. The van der Waals surface area contributed by atoms with E-state index in [0.717, 1.165) is 12.1 Å². The highest BCUT2D eigenvalue weighted by molar-refractivity contribution is 5.92. The summed E-state index contributed by atoms with van der Waals surface area (Å²) >= 11 is 0. The molecule has 180 valence electrons. The molecule has 0 aromatic heterocycles. The van der Waals surface area contributed by atoms with Gasteiger partial charge in [0.1, 0.15) is 11.4 Å². The molecule has 0 saturated carbocycles. The van der Waals surface area contributed by atoms with Gasteiger partial charge in [-0.05, 0) is 56.3 Å². The second kappa shape index (κ2) is 11.7. The molecule has 0 bridgehead atoms. The van der Waals surface area contributed by atoms with Crippen molar-refractivity contribution in [3.8, 4) is 17.9 Å². The molecule has 0 heterocycles. The van der Waals surface area contributed by atoms with Gasteiger partial charge in [-0.2, -0.15) is 23.7 Å². The van der Waals surface area contributed by atoms with Crippen molar-refractivity contribution in [2.24, 2.45) is 11.7 Å². The maximum Gasteiger partial charge on any atom is 0.417 e. The monoisotopic (exact) mass is 476 g/mol. The van der Waals surface area contributed by atoms with Crippen LogP contribution < -0.4 is 15.8 Å². The van der Waals surface area contributed by atoms with Crippen LogP contribution in [0.4, 0.5) is 18.9 Å². The number of alkyl halides is 3. The van der Waals surface area contributed by atoms with E-state index in [0.29, 0.717) is 11.3 Å². The molecule has 0 aliphatic rings. The van der Waals surface area contributed by atoms with Crippen molar-refractivity contribution in [2.75, 3.05) is 11.9 Å². The Morgan fingerprint density at radius 2 is 1.68 bits per heavy atom. The molecule has 34 heavy (non-hydrogen) atoms. The topological polar surface area (TPSA) is 149 Å². The smallest absolute Gasteiger partial charge is 0.417 e. The van der Waals surface area contributed by atoms with Crippen molar-refractivity contribution < 1.29 is 32.6 Å². The summed E-state index contributed by atoms with van der Waals surface area (Å²) in [6, 6.07) is 12.7. The number of amides is 2. The zero-order valence-electron chi connectivity index (χ0n) is 18.6. The lowest BCUT2D eigenvalue weighted by Gasteiger charge is -2.15. The van der Waals surface area contributed by atoms with Gasteiger partial charge in [-0.3, -0.25) is 9.59 Å². The van der Waals surface area contributed by atoms with E-state index in [-0.39, 0.29) is 12.3 Å². The van der Waals surface area contributed by atoms with Crippen LogP contribution in [-0.2, 0) is 15.8 Å². The Labute approximate surface area is 194 Å².